The molecule has 0 saturated carbocycles. The maximum absolute atomic E-state index is 12.0. The van der Waals surface area contributed by atoms with Crippen LogP contribution in [-0.4, -0.2) is 63.5 Å². The first-order valence-electron chi connectivity index (χ1n) is 8.93. The van der Waals surface area contributed by atoms with E-state index in [1.807, 2.05) is 19.9 Å². The van der Waals surface area contributed by atoms with Gasteiger partial charge in [0.15, 0.2) is 6.04 Å². The number of amides is 1. The maximum Gasteiger partial charge on any atom is 0.410 e. The van der Waals surface area contributed by atoms with Crippen LogP contribution in [0.1, 0.15) is 28.5 Å². The number of fused-ring (bicyclic) bond motifs is 1. The van der Waals surface area contributed by atoms with Crippen LogP contribution in [0.4, 0.5) is 4.79 Å². The normalized spacial score (nSPS) is 16.7. The second-order valence-corrected chi connectivity index (χ2v) is 8.42. The Hall–Kier alpha value is -2.17. The number of ether oxygens (including phenoxy) is 1. The SMILES string of the molecule is CCOC(=O)N1CC[NH+]([C@@H](c2cccs2)c2sc3nc(C)nn3c2O)CC1. The number of aryl methyl sites for hydroxylation is 1. The molecule has 1 fully saturated rings. The number of aromatic nitrogens is 3. The summed E-state index contributed by atoms with van der Waals surface area (Å²) >= 11 is 3.16. The Morgan fingerprint density at radius 1 is 1.44 bits per heavy atom. The van der Waals surface area contributed by atoms with Crippen molar-refractivity contribution in [1.82, 2.24) is 19.5 Å². The molecule has 27 heavy (non-hydrogen) atoms. The minimum absolute atomic E-state index is 0.00292. The highest BCUT2D eigenvalue weighted by Gasteiger charge is 2.36. The molecule has 144 valence electrons. The molecule has 4 heterocycles. The number of rotatable bonds is 4. The van der Waals surface area contributed by atoms with Gasteiger partial charge in [-0.15, -0.1) is 16.4 Å². The fourth-order valence-electron chi connectivity index (χ4n) is 3.49. The lowest BCUT2D eigenvalue weighted by Gasteiger charge is -2.35. The molecular formula is C17H22N5O3S2+. The summed E-state index contributed by atoms with van der Waals surface area (Å²) in [4.78, 5) is 22.2. The van der Waals surface area contributed by atoms with Gasteiger partial charge in [0, 0.05) is 0 Å². The average molecular weight is 409 g/mol. The number of nitrogens with zero attached hydrogens (tertiary/aromatic N) is 4. The lowest BCUT2D eigenvalue weighted by molar-refractivity contribution is -0.928. The molecule has 0 unspecified atom stereocenters. The van der Waals surface area contributed by atoms with Crippen molar-refractivity contribution in [2.75, 3.05) is 32.8 Å². The van der Waals surface area contributed by atoms with Gasteiger partial charge in [0.05, 0.1) is 37.7 Å². The Morgan fingerprint density at radius 3 is 2.85 bits per heavy atom. The van der Waals surface area contributed by atoms with Crippen LogP contribution >= 0.6 is 22.7 Å². The van der Waals surface area contributed by atoms with Gasteiger partial charge in [0.25, 0.3) is 0 Å². The molecule has 3 aromatic heterocycles. The molecule has 0 spiro atoms. The predicted molar refractivity (Wildman–Crippen MR) is 103 cm³/mol. The molecule has 0 radical (unpaired) electrons. The third kappa shape index (κ3) is 3.40. The van der Waals surface area contributed by atoms with E-state index in [1.165, 1.54) is 25.6 Å². The molecule has 10 heteroatoms. The lowest BCUT2D eigenvalue weighted by atomic mass is 10.1. The summed E-state index contributed by atoms with van der Waals surface area (Å²) in [5.74, 6) is 0.806. The van der Waals surface area contributed by atoms with E-state index in [0.29, 0.717) is 30.5 Å². The molecule has 3 aromatic rings. The Bertz CT molecular complexity index is 928. The van der Waals surface area contributed by atoms with Gasteiger partial charge in [-0.05, 0) is 25.3 Å². The zero-order valence-corrected chi connectivity index (χ0v) is 16.8. The van der Waals surface area contributed by atoms with Gasteiger partial charge >= 0.3 is 6.09 Å². The lowest BCUT2D eigenvalue weighted by Crippen LogP contribution is -3.15. The molecule has 1 saturated heterocycles. The monoisotopic (exact) mass is 408 g/mol. The smallest absolute Gasteiger partial charge is 0.410 e. The van der Waals surface area contributed by atoms with Crippen molar-refractivity contribution in [3.05, 3.63) is 33.1 Å². The van der Waals surface area contributed by atoms with Crippen molar-refractivity contribution in [3.63, 3.8) is 0 Å². The van der Waals surface area contributed by atoms with Gasteiger partial charge in [0.2, 0.25) is 10.8 Å². The van der Waals surface area contributed by atoms with Crippen molar-refractivity contribution < 1.29 is 19.5 Å². The van der Waals surface area contributed by atoms with E-state index < -0.39 is 0 Å². The average Bonchev–Trinajstić information content (AvgIpc) is 3.36. The van der Waals surface area contributed by atoms with Gasteiger partial charge in [0.1, 0.15) is 10.7 Å². The predicted octanol–water partition coefficient (Wildman–Crippen LogP) is 1.31. The van der Waals surface area contributed by atoms with Gasteiger partial charge in [-0.1, -0.05) is 17.4 Å². The molecule has 0 bridgehead atoms. The van der Waals surface area contributed by atoms with E-state index >= 15 is 0 Å². The van der Waals surface area contributed by atoms with Crippen molar-refractivity contribution >= 4 is 33.7 Å². The summed E-state index contributed by atoms with van der Waals surface area (Å²) in [5, 5.41) is 17.1. The molecule has 1 atom stereocenters. The van der Waals surface area contributed by atoms with E-state index in [4.69, 9.17) is 4.74 Å². The highest BCUT2D eigenvalue weighted by Crippen LogP contribution is 2.36. The molecule has 1 amide bonds. The van der Waals surface area contributed by atoms with Crippen LogP contribution in [0.3, 0.4) is 0 Å². The summed E-state index contributed by atoms with van der Waals surface area (Å²) in [6.07, 6.45) is -0.249. The largest absolute Gasteiger partial charge is 0.492 e. The highest BCUT2D eigenvalue weighted by molar-refractivity contribution is 7.17. The van der Waals surface area contributed by atoms with Gasteiger partial charge in [-0.25, -0.2) is 9.78 Å². The van der Waals surface area contributed by atoms with Crippen molar-refractivity contribution in [3.8, 4) is 5.88 Å². The molecule has 4 rings (SSSR count). The fraction of sp³-hybridized carbons (Fsp3) is 0.471. The first-order valence-corrected chi connectivity index (χ1v) is 10.6. The number of piperazine rings is 1. The van der Waals surface area contributed by atoms with E-state index in [-0.39, 0.29) is 18.0 Å². The van der Waals surface area contributed by atoms with Crippen LogP contribution in [-0.2, 0) is 4.74 Å². The number of hydrogen-bond acceptors (Lipinski definition) is 7. The second-order valence-electron chi connectivity index (χ2n) is 6.44. The van der Waals surface area contributed by atoms with Crippen LogP contribution in [0.15, 0.2) is 17.5 Å². The second kappa shape index (κ2) is 7.45. The number of carbonyl (C=O) groups is 1. The Morgan fingerprint density at radius 2 is 2.22 bits per heavy atom. The number of thiazole rings is 1. The standard InChI is InChI=1S/C17H21N5O3S2/c1-3-25-17(24)21-8-6-20(7-9-21)13(12-5-4-10-26-12)14-15(23)22-16(27-14)18-11(2)19-22/h4-5,10,13,23H,3,6-9H2,1-2H3/p+1/t13-/m0/s1. The molecule has 0 aliphatic carbocycles. The number of nitrogens with one attached hydrogen (secondary N) is 1. The Kier molecular flexibility index (Phi) is 5.02. The summed E-state index contributed by atoms with van der Waals surface area (Å²) < 4.78 is 6.63. The van der Waals surface area contributed by atoms with Crippen molar-refractivity contribution in [1.29, 1.82) is 0 Å². The van der Waals surface area contributed by atoms with Crippen molar-refractivity contribution in [2.45, 2.75) is 19.9 Å². The quantitative estimate of drug-likeness (QED) is 0.680. The molecular weight excluding hydrogens is 386 g/mol. The van der Waals surface area contributed by atoms with Gasteiger partial charge in [-0.3, -0.25) is 4.90 Å². The topological polar surface area (TPSA) is 84.4 Å². The summed E-state index contributed by atoms with van der Waals surface area (Å²) in [7, 11) is 0. The zero-order chi connectivity index (χ0) is 19.0. The zero-order valence-electron chi connectivity index (χ0n) is 15.2. The summed E-state index contributed by atoms with van der Waals surface area (Å²) in [6.45, 7) is 6.86. The number of quaternary nitrogens is 1. The van der Waals surface area contributed by atoms with E-state index in [9.17, 15) is 9.90 Å². The van der Waals surface area contributed by atoms with Crippen LogP contribution < -0.4 is 4.90 Å². The Labute approximate surface area is 164 Å². The van der Waals surface area contributed by atoms with Crippen LogP contribution in [0.25, 0.3) is 4.96 Å². The molecule has 8 nitrogen and oxygen atoms in total. The summed E-state index contributed by atoms with van der Waals surface area (Å²) in [5.41, 5.74) is 0. The van der Waals surface area contributed by atoms with Crippen LogP contribution in [0, 0.1) is 6.92 Å². The molecule has 2 N–H and O–H groups in total. The maximum atomic E-state index is 12.0. The van der Waals surface area contributed by atoms with E-state index in [2.05, 4.69) is 21.5 Å². The first-order chi connectivity index (χ1) is 13.1. The molecule has 1 aliphatic rings. The Balaban J connectivity index is 1.62. The number of aromatic hydroxyl groups is 1. The number of thiophene rings is 1. The minimum atomic E-state index is -0.249. The van der Waals surface area contributed by atoms with E-state index in [1.54, 1.807) is 16.2 Å². The fourth-order valence-corrected chi connectivity index (χ4v) is 5.63. The van der Waals surface area contributed by atoms with Crippen molar-refractivity contribution in [2.24, 2.45) is 0 Å². The van der Waals surface area contributed by atoms with Gasteiger partial charge in [-0.2, -0.15) is 4.52 Å². The highest BCUT2D eigenvalue weighted by atomic mass is 32.1. The number of carbonyl (C=O) groups excluding carboxylic acids is 1. The third-order valence-electron chi connectivity index (χ3n) is 4.74. The van der Waals surface area contributed by atoms with Gasteiger partial charge < -0.3 is 14.7 Å². The summed E-state index contributed by atoms with van der Waals surface area (Å²) in [6, 6.07) is 4.13. The molecule has 0 aromatic carbocycles. The first kappa shape index (κ1) is 18.2. The van der Waals surface area contributed by atoms with Crippen LogP contribution in [0.2, 0.25) is 0 Å². The minimum Gasteiger partial charge on any atom is -0.492 e. The number of hydrogen-bond donors (Lipinski definition) is 2. The third-order valence-corrected chi connectivity index (χ3v) is 6.76. The van der Waals surface area contributed by atoms with E-state index in [0.717, 1.165) is 18.0 Å². The van der Waals surface area contributed by atoms with Crippen LogP contribution in [0.5, 0.6) is 5.88 Å². The molecule has 1 aliphatic heterocycles.